The number of aryl methyl sites for hydroxylation is 1. The molecule has 2 aromatic carbocycles. The third kappa shape index (κ3) is 5.17. The van der Waals surface area contributed by atoms with E-state index in [1.165, 1.54) is 4.68 Å². The summed E-state index contributed by atoms with van der Waals surface area (Å²) >= 11 is 0. The first-order valence-corrected chi connectivity index (χ1v) is 10.6. The van der Waals surface area contributed by atoms with Crippen LogP contribution in [0.1, 0.15) is 18.2 Å². The van der Waals surface area contributed by atoms with E-state index in [0.29, 0.717) is 47.0 Å². The van der Waals surface area contributed by atoms with Crippen molar-refractivity contribution in [2.75, 3.05) is 6.61 Å². The van der Waals surface area contributed by atoms with Gasteiger partial charge in [-0.15, -0.1) is 0 Å². The van der Waals surface area contributed by atoms with Gasteiger partial charge in [0.25, 0.3) is 5.56 Å². The summed E-state index contributed by atoms with van der Waals surface area (Å²) in [6, 6.07) is 18.1. The molecule has 1 amide bonds. The number of nitrogens with zero attached hydrogens (tertiary/aromatic N) is 3. The molecular weight excluding hydrogens is 420 g/mol. The molecule has 0 fully saturated rings. The predicted octanol–water partition coefficient (Wildman–Crippen LogP) is 3.38. The first-order chi connectivity index (χ1) is 16.0. The lowest BCUT2D eigenvalue weighted by atomic mass is 10.1. The molecule has 2 heterocycles. The second-order valence-corrected chi connectivity index (χ2v) is 7.36. The van der Waals surface area contributed by atoms with Gasteiger partial charge in [0.05, 0.1) is 24.1 Å². The number of para-hydroxylation sites is 2. The van der Waals surface area contributed by atoms with Crippen molar-refractivity contribution in [1.29, 1.82) is 0 Å². The molecule has 33 heavy (non-hydrogen) atoms. The number of hydrogen-bond acceptors (Lipinski definition) is 6. The van der Waals surface area contributed by atoms with Gasteiger partial charge in [-0.2, -0.15) is 5.10 Å². The molecular formula is C25H24N4O4. The number of hydrogen-bond donors (Lipinski definition) is 1. The van der Waals surface area contributed by atoms with Crippen molar-refractivity contribution in [3.05, 3.63) is 88.5 Å². The predicted molar refractivity (Wildman–Crippen MR) is 124 cm³/mol. The van der Waals surface area contributed by atoms with Crippen LogP contribution in [0.15, 0.2) is 71.7 Å². The van der Waals surface area contributed by atoms with Gasteiger partial charge in [-0.05, 0) is 30.7 Å². The van der Waals surface area contributed by atoms with Crippen LogP contribution in [-0.2, 0) is 24.8 Å². The Morgan fingerprint density at radius 1 is 1.00 bits per heavy atom. The molecule has 8 heteroatoms. The van der Waals surface area contributed by atoms with Gasteiger partial charge < -0.3 is 14.8 Å². The van der Waals surface area contributed by atoms with Crippen LogP contribution in [0.4, 0.5) is 0 Å². The molecule has 0 bridgehead atoms. The fourth-order valence-corrected chi connectivity index (χ4v) is 3.42. The minimum Gasteiger partial charge on any atom is -0.490 e. The number of benzene rings is 2. The highest BCUT2D eigenvalue weighted by Crippen LogP contribution is 2.30. The quantitative estimate of drug-likeness (QED) is 0.448. The van der Waals surface area contributed by atoms with Gasteiger partial charge in [0.15, 0.2) is 11.5 Å². The Hall–Kier alpha value is -4.20. The van der Waals surface area contributed by atoms with Crippen LogP contribution >= 0.6 is 0 Å². The lowest BCUT2D eigenvalue weighted by molar-refractivity contribution is -0.120. The molecule has 4 rings (SSSR count). The summed E-state index contributed by atoms with van der Waals surface area (Å²) in [6.45, 7) is 2.76. The van der Waals surface area contributed by atoms with Crippen molar-refractivity contribution >= 4 is 16.7 Å². The summed E-state index contributed by atoms with van der Waals surface area (Å²) in [5, 5.41) is 8.38. The Morgan fingerprint density at radius 2 is 1.73 bits per heavy atom. The Kier molecular flexibility index (Phi) is 6.64. The van der Waals surface area contributed by atoms with E-state index in [9.17, 15) is 9.59 Å². The van der Waals surface area contributed by atoms with Gasteiger partial charge >= 0.3 is 0 Å². The molecule has 0 radical (unpaired) electrons. The number of amides is 1. The van der Waals surface area contributed by atoms with Crippen molar-refractivity contribution in [1.82, 2.24) is 20.1 Å². The lowest BCUT2D eigenvalue weighted by Gasteiger charge is -2.11. The number of rotatable bonds is 8. The zero-order valence-electron chi connectivity index (χ0n) is 18.4. The fraction of sp³-hybridized carbons (Fsp3) is 0.200. The second kappa shape index (κ2) is 9.95. The molecule has 0 saturated carbocycles. The molecule has 2 aromatic heterocycles. The summed E-state index contributed by atoms with van der Waals surface area (Å²) in [5.74, 6) is 1.47. The minimum atomic E-state index is -0.197. The number of fused-ring (bicyclic) bond motifs is 1. The third-order valence-corrected chi connectivity index (χ3v) is 5.01. The lowest BCUT2D eigenvalue weighted by Crippen LogP contribution is -2.27. The summed E-state index contributed by atoms with van der Waals surface area (Å²) in [6.07, 6.45) is 1.72. The molecule has 0 atom stereocenters. The van der Waals surface area contributed by atoms with E-state index in [0.717, 1.165) is 5.56 Å². The molecule has 0 saturated heterocycles. The SMILES string of the molecule is CCOc1ccccc1Oc1ccc(CNC(=O)Cc2nn(C)c(=O)c3ccccc23)cn1. The number of carbonyl (C=O) groups excluding carboxylic acids is 1. The van der Waals surface area contributed by atoms with E-state index < -0.39 is 0 Å². The molecule has 1 N–H and O–H groups in total. The highest BCUT2D eigenvalue weighted by Gasteiger charge is 2.12. The topological polar surface area (TPSA) is 95.3 Å². The van der Waals surface area contributed by atoms with E-state index in [1.807, 2.05) is 43.3 Å². The number of nitrogens with one attached hydrogen (secondary N) is 1. The highest BCUT2D eigenvalue weighted by molar-refractivity contribution is 5.88. The van der Waals surface area contributed by atoms with Crippen LogP contribution < -0.4 is 20.3 Å². The van der Waals surface area contributed by atoms with E-state index in [1.54, 1.807) is 37.5 Å². The largest absolute Gasteiger partial charge is 0.490 e. The first kappa shape index (κ1) is 22.0. The molecule has 0 aliphatic heterocycles. The first-order valence-electron chi connectivity index (χ1n) is 10.6. The fourth-order valence-electron chi connectivity index (χ4n) is 3.42. The number of pyridine rings is 1. The van der Waals surface area contributed by atoms with E-state index in [2.05, 4.69) is 15.4 Å². The Labute approximate surface area is 190 Å². The molecule has 0 spiro atoms. The Balaban J connectivity index is 1.38. The van der Waals surface area contributed by atoms with Crippen LogP contribution in [0.5, 0.6) is 17.4 Å². The van der Waals surface area contributed by atoms with E-state index in [4.69, 9.17) is 9.47 Å². The normalized spacial score (nSPS) is 10.7. The van der Waals surface area contributed by atoms with Crippen molar-refractivity contribution in [3.8, 4) is 17.4 Å². The summed E-state index contributed by atoms with van der Waals surface area (Å²) < 4.78 is 12.6. The highest BCUT2D eigenvalue weighted by atomic mass is 16.5. The molecule has 4 aromatic rings. The van der Waals surface area contributed by atoms with Gasteiger partial charge in [0.2, 0.25) is 11.8 Å². The van der Waals surface area contributed by atoms with E-state index in [-0.39, 0.29) is 17.9 Å². The summed E-state index contributed by atoms with van der Waals surface area (Å²) in [5.41, 5.74) is 1.19. The number of aromatic nitrogens is 3. The van der Waals surface area contributed by atoms with Crippen LogP contribution in [-0.4, -0.2) is 27.3 Å². The molecule has 0 aliphatic carbocycles. The summed E-state index contributed by atoms with van der Waals surface area (Å²) in [7, 11) is 1.58. The van der Waals surface area contributed by atoms with Gasteiger partial charge in [-0.3, -0.25) is 9.59 Å². The van der Waals surface area contributed by atoms with Crippen molar-refractivity contribution in [2.45, 2.75) is 19.9 Å². The van der Waals surface area contributed by atoms with Crippen molar-refractivity contribution in [2.24, 2.45) is 7.05 Å². The van der Waals surface area contributed by atoms with Gasteiger partial charge in [-0.1, -0.05) is 36.4 Å². The molecule has 0 aliphatic rings. The zero-order valence-corrected chi connectivity index (χ0v) is 18.4. The Bertz CT molecular complexity index is 1330. The van der Waals surface area contributed by atoms with Crippen LogP contribution in [0.3, 0.4) is 0 Å². The Morgan fingerprint density at radius 3 is 2.45 bits per heavy atom. The maximum Gasteiger partial charge on any atom is 0.274 e. The van der Waals surface area contributed by atoms with Gasteiger partial charge in [0.1, 0.15) is 0 Å². The minimum absolute atomic E-state index is 0.0669. The summed E-state index contributed by atoms with van der Waals surface area (Å²) in [4.78, 5) is 29.1. The molecule has 0 unspecified atom stereocenters. The maximum atomic E-state index is 12.5. The average Bonchev–Trinajstić information content (AvgIpc) is 2.83. The molecule has 8 nitrogen and oxygen atoms in total. The van der Waals surface area contributed by atoms with Gasteiger partial charge in [-0.25, -0.2) is 9.67 Å². The van der Waals surface area contributed by atoms with Crippen LogP contribution in [0.2, 0.25) is 0 Å². The van der Waals surface area contributed by atoms with Crippen LogP contribution in [0.25, 0.3) is 10.8 Å². The van der Waals surface area contributed by atoms with Crippen molar-refractivity contribution < 1.29 is 14.3 Å². The molecule has 168 valence electrons. The van der Waals surface area contributed by atoms with Crippen molar-refractivity contribution in [3.63, 3.8) is 0 Å². The average molecular weight is 444 g/mol. The number of ether oxygens (including phenoxy) is 2. The zero-order chi connectivity index (χ0) is 23.2. The number of carbonyl (C=O) groups is 1. The monoisotopic (exact) mass is 444 g/mol. The van der Waals surface area contributed by atoms with E-state index >= 15 is 0 Å². The second-order valence-electron chi connectivity index (χ2n) is 7.36. The van der Waals surface area contributed by atoms with Gasteiger partial charge in [0, 0.05) is 31.2 Å². The third-order valence-electron chi connectivity index (χ3n) is 5.01. The maximum absolute atomic E-state index is 12.5. The smallest absolute Gasteiger partial charge is 0.274 e. The van der Waals surface area contributed by atoms with Crippen LogP contribution in [0, 0.1) is 0 Å². The standard InChI is InChI=1S/C25H24N4O4/c1-3-32-21-10-6-7-11-22(21)33-24-13-12-17(16-27-24)15-26-23(30)14-20-18-8-4-5-9-19(18)25(31)29(2)28-20/h4-13,16H,3,14-15H2,1-2H3,(H,26,30).